The molecule has 0 N–H and O–H groups in total. The van der Waals surface area contributed by atoms with Gasteiger partial charge in [0, 0.05) is 45.1 Å². The quantitative estimate of drug-likeness (QED) is 0.701. The number of nitrogens with zero attached hydrogens (tertiary/aromatic N) is 2. The Morgan fingerprint density at radius 2 is 1.88 bits per heavy atom. The van der Waals surface area contributed by atoms with Crippen LogP contribution in [0.4, 0.5) is 0 Å². The van der Waals surface area contributed by atoms with Crippen LogP contribution in [0.15, 0.2) is 0 Å². The van der Waals surface area contributed by atoms with Gasteiger partial charge in [0.1, 0.15) is 0 Å². The van der Waals surface area contributed by atoms with Crippen molar-refractivity contribution in [3.8, 4) is 12.3 Å². The molecule has 0 saturated carbocycles. The highest BCUT2D eigenvalue weighted by Crippen LogP contribution is 2.07. The van der Waals surface area contributed by atoms with Crippen LogP contribution < -0.4 is 0 Å². The minimum atomic E-state index is 0. The Labute approximate surface area is 105 Å². The first-order chi connectivity index (χ1) is 7.15. The minimum Gasteiger partial charge on any atom is -0.340 e. The third-order valence-corrected chi connectivity index (χ3v) is 2.88. The van der Waals surface area contributed by atoms with Crippen molar-refractivity contribution in [2.45, 2.75) is 32.7 Å². The highest BCUT2D eigenvalue weighted by molar-refractivity contribution is 5.85. The van der Waals surface area contributed by atoms with Gasteiger partial charge in [-0.3, -0.25) is 9.69 Å². The molecule has 0 aromatic carbocycles. The molecule has 1 amide bonds. The second-order valence-electron chi connectivity index (χ2n) is 4.21. The second kappa shape index (κ2) is 7.54. The molecular formula is C12H21ClN2O. The average Bonchev–Trinajstić information content (AvgIpc) is 2.26. The van der Waals surface area contributed by atoms with Crippen molar-refractivity contribution in [1.82, 2.24) is 9.80 Å². The summed E-state index contributed by atoms with van der Waals surface area (Å²) < 4.78 is 0. The van der Waals surface area contributed by atoms with E-state index in [9.17, 15) is 4.79 Å². The molecule has 1 aliphatic heterocycles. The molecule has 0 aromatic heterocycles. The molecule has 92 valence electrons. The third kappa shape index (κ3) is 4.42. The summed E-state index contributed by atoms with van der Waals surface area (Å²) in [6.45, 7) is 8.05. The average molecular weight is 245 g/mol. The maximum Gasteiger partial charge on any atom is 0.223 e. The summed E-state index contributed by atoms with van der Waals surface area (Å²) in [5, 5.41) is 0. The molecule has 0 aromatic rings. The zero-order chi connectivity index (χ0) is 11.3. The van der Waals surface area contributed by atoms with E-state index >= 15 is 0 Å². The van der Waals surface area contributed by atoms with Crippen LogP contribution in [0, 0.1) is 12.3 Å². The Morgan fingerprint density at radius 3 is 2.31 bits per heavy atom. The Hall–Kier alpha value is -0.720. The maximum atomic E-state index is 11.6. The number of halogens is 1. The molecule has 16 heavy (non-hydrogen) atoms. The van der Waals surface area contributed by atoms with Crippen LogP contribution in [-0.4, -0.2) is 47.9 Å². The molecule has 4 heteroatoms. The lowest BCUT2D eigenvalue weighted by Crippen LogP contribution is -2.50. The van der Waals surface area contributed by atoms with Crippen LogP contribution >= 0.6 is 12.4 Å². The molecule has 1 rings (SSSR count). The van der Waals surface area contributed by atoms with Gasteiger partial charge in [0.15, 0.2) is 0 Å². The summed E-state index contributed by atoms with van der Waals surface area (Å²) >= 11 is 0. The zero-order valence-corrected chi connectivity index (χ0v) is 10.9. The first kappa shape index (κ1) is 15.3. The lowest BCUT2D eigenvalue weighted by Gasteiger charge is -2.36. The number of amides is 1. The van der Waals surface area contributed by atoms with E-state index in [4.69, 9.17) is 6.42 Å². The molecule has 0 atom stereocenters. The van der Waals surface area contributed by atoms with E-state index in [1.807, 2.05) is 4.90 Å². The number of hydrogen-bond donors (Lipinski definition) is 0. The van der Waals surface area contributed by atoms with Crippen LogP contribution in [-0.2, 0) is 4.79 Å². The third-order valence-electron chi connectivity index (χ3n) is 2.88. The zero-order valence-electron chi connectivity index (χ0n) is 10.1. The van der Waals surface area contributed by atoms with Crippen LogP contribution in [0.2, 0.25) is 0 Å². The van der Waals surface area contributed by atoms with E-state index in [0.29, 0.717) is 18.9 Å². The summed E-state index contributed by atoms with van der Waals surface area (Å²) in [7, 11) is 0. The van der Waals surface area contributed by atoms with Gasteiger partial charge < -0.3 is 4.90 Å². The lowest BCUT2D eigenvalue weighted by molar-refractivity contribution is -0.133. The Bertz CT molecular complexity index is 252. The summed E-state index contributed by atoms with van der Waals surface area (Å²) in [5.41, 5.74) is 0. The first-order valence-corrected chi connectivity index (χ1v) is 5.60. The molecule has 0 radical (unpaired) electrons. The largest absolute Gasteiger partial charge is 0.340 e. The number of terminal acetylenes is 1. The molecule has 1 fully saturated rings. The summed E-state index contributed by atoms with van der Waals surface area (Å²) in [5.74, 6) is 2.71. The van der Waals surface area contributed by atoms with E-state index < -0.39 is 0 Å². The van der Waals surface area contributed by atoms with Gasteiger partial charge in [0.25, 0.3) is 0 Å². The summed E-state index contributed by atoms with van der Waals surface area (Å²) in [6.07, 6.45) is 6.20. The number of hydrogen-bond acceptors (Lipinski definition) is 2. The molecule has 3 nitrogen and oxygen atoms in total. The summed E-state index contributed by atoms with van der Waals surface area (Å²) in [6, 6.07) is 0.577. The van der Waals surface area contributed by atoms with Crippen LogP contribution in [0.3, 0.4) is 0 Å². The highest BCUT2D eigenvalue weighted by Gasteiger charge is 2.21. The van der Waals surface area contributed by atoms with Crippen LogP contribution in [0.25, 0.3) is 0 Å². The van der Waals surface area contributed by atoms with Gasteiger partial charge in [-0.15, -0.1) is 24.8 Å². The van der Waals surface area contributed by atoms with Gasteiger partial charge in [-0.25, -0.2) is 0 Å². The van der Waals surface area contributed by atoms with Crippen molar-refractivity contribution in [3.63, 3.8) is 0 Å². The lowest BCUT2D eigenvalue weighted by atomic mass is 10.2. The fourth-order valence-corrected chi connectivity index (χ4v) is 1.82. The Morgan fingerprint density at radius 1 is 1.31 bits per heavy atom. The van der Waals surface area contributed by atoms with Crippen LogP contribution in [0.1, 0.15) is 26.7 Å². The van der Waals surface area contributed by atoms with Crippen molar-refractivity contribution in [3.05, 3.63) is 0 Å². The molecule has 1 heterocycles. The van der Waals surface area contributed by atoms with Gasteiger partial charge in [-0.05, 0) is 13.8 Å². The fraction of sp³-hybridized carbons (Fsp3) is 0.750. The van der Waals surface area contributed by atoms with Crippen molar-refractivity contribution in [2.24, 2.45) is 0 Å². The molecule has 1 saturated heterocycles. The van der Waals surface area contributed by atoms with Gasteiger partial charge in [-0.1, -0.05) is 0 Å². The van der Waals surface area contributed by atoms with Gasteiger partial charge >= 0.3 is 0 Å². The smallest absolute Gasteiger partial charge is 0.223 e. The molecule has 1 aliphatic rings. The molecule has 0 bridgehead atoms. The summed E-state index contributed by atoms with van der Waals surface area (Å²) in [4.78, 5) is 16.0. The molecule has 0 spiro atoms. The van der Waals surface area contributed by atoms with Gasteiger partial charge in [0.2, 0.25) is 5.91 Å². The first-order valence-electron chi connectivity index (χ1n) is 5.60. The number of carbonyl (C=O) groups excluding carboxylic acids is 1. The molecular weight excluding hydrogens is 224 g/mol. The predicted octanol–water partition coefficient (Wildman–Crippen LogP) is 1.37. The van der Waals surface area contributed by atoms with E-state index in [1.54, 1.807) is 0 Å². The van der Waals surface area contributed by atoms with E-state index in [-0.39, 0.29) is 18.3 Å². The van der Waals surface area contributed by atoms with Crippen molar-refractivity contribution in [1.29, 1.82) is 0 Å². The topological polar surface area (TPSA) is 23.6 Å². The van der Waals surface area contributed by atoms with Crippen molar-refractivity contribution >= 4 is 18.3 Å². The molecule has 0 unspecified atom stereocenters. The standard InChI is InChI=1S/C12H20N2O.ClH/c1-4-5-6-12(15)14-9-7-13(8-10-14)11(2)3;/h1,11H,5-10H2,2-3H3;1H. The highest BCUT2D eigenvalue weighted by atomic mass is 35.5. The minimum absolute atomic E-state index is 0. The van der Waals surface area contributed by atoms with Gasteiger partial charge in [0.05, 0.1) is 0 Å². The maximum absolute atomic E-state index is 11.6. The Kier molecular flexibility index (Phi) is 7.20. The number of carbonyl (C=O) groups is 1. The monoisotopic (exact) mass is 244 g/mol. The number of rotatable bonds is 3. The van der Waals surface area contributed by atoms with Crippen molar-refractivity contribution in [2.75, 3.05) is 26.2 Å². The van der Waals surface area contributed by atoms with E-state index in [2.05, 4.69) is 24.7 Å². The molecule has 0 aliphatic carbocycles. The SMILES string of the molecule is C#CCCC(=O)N1CCN(C(C)C)CC1.Cl. The predicted molar refractivity (Wildman–Crippen MR) is 68.6 cm³/mol. The van der Waals surface area contributed by atoms with E-state index in [0.717, 1.165) is 26.2 Å². The normalized spacial score (nSPS) is 16.8. The van der Waals surface area contributed by atoms with Gasteiger partial charge in [-0.2, -0.15) is 0 Å². The fourth-order valence-electron chi connectivity index (χ4n) is 1.82. The van der Waals surface area contributed by atoms with E-state index in [1.165, 1.54) is 0 Å². The Balaban J connectivity index is 0.00000225. The van der Waals surface area contributed by atoms with Crippen LogP contribution in [0.5, 0.6) is 0 Å². The number of piperazine rings is 1. The second-order valence-corrected chi connectivity index (χ2v) is 4.21. The van der Waals surface area contributed by atoms with Crippen molar-refractivity contribution < 1.29 is 4.79 Å².